The van der Waals surface area contributed by atoms with E-state index in [1.54, 1.807) is 48.6 Å². The number of benzene rings is 1. The van der Waals surface area contributed by atoms with Gasteiger partial charge in [0.05, 0.1) is 17.3 Å². The minimum Gasteiger partial charge on any atom is -0.349 e. The summed E-state index contributed by atoms with van der Waals surface area (Å²) in [6.45, 7) is 2.85. The zero-order valence-corrected chi connectivity index (χ0v) is 16.0. The third kappa shape index (κ3) is 4.21. The van der Waals surface area contributed by atoms with Crippen molar-refractivity contribution in [2.24, 2.45) is 0 Å². The normalized spacial score (nSPS) is 19.0. The molecule has 29 heavy (non-hydrogen) atoms. The molecule has 1 N–H and O–H groups in total. The van der Waals surface area contributed by atoms with Gasteiger partial charge in [0.15, 0.2) is 0 Å². The van der Waals surface area contributed by atoms with Crippen molar-refractivity contribution in [3.05, 3.63) is 77.9 Å². The predicted octanol–water partition coefficient (Wildman–Crippen LogP) is 2.82. The Kier molecular flexibility index (Phi) is 5.41. The highest BCUT2D eigenvalue weighted by atomic mass is 19.1. The fourth-order valence-corrected chi connectivity index (χ4v) is 3.70. The van der Waals surface area contributed by atoms with Gasteiger partial charge in [-0.1, -0.05) is 12.1 Å². The van der Waals surface area contributed by atoms with Crippen LogP contribution in [0.4, 0.5) is 10.3 Å². The number of nitrogens with one attached hydrogen (secondary N) is 1. The lowest BCUT2D eigenvalue weighted by molar-refractivity contribution is 0.0699. The van der Waals surface area contributed by atoms with Gasteiger partial charge in [-0.3, -0.25) is 4.79 Å². The Bertz CT molecular complexity index is 982. The van der Waals surface area contributed by atoms with E-state index >= 15 is 0 Å². The number of carbonyl (C=O) groups is 1. The molecule has 3 aromatic rings. The summed E-state index contributed by atoms with van der Waals surface area (Å²) in [7, 11) is 0. The van der Waals surface area contributed by atoms with Crippen LogP contribution in [0.2, 0.25) is 0 Å². The second kappa shape index (κ2) is 8.30. The van der Waals surface area contributed by atoms with Crippen LogP contribution in [0, 0.1) is 12.7 Å². The van der Waals surface area contributed by atoms with Crippen LogP contribution < -0.4 is 5.32 Å². The number of likely N-dealkylation sites (tertiary alicyclic amines) is 1. The van der Waals surface area contributed by atoms with Crippen molar-refractivity contribution < 1.29 is 9.18 Å². The lowest BCUT2D eigenvalue weighted by Gasteiger charge is -2.39. The number of halogens is 1. The van der Waals surface area contributed by atoms with E-state index in [9.17, 15) is 9.18 Å². The molecule has 1 aliphatic rings. The van der Waals surface area contributed by atoms with Gasteiger partial charge in [-0.2, -0.15) is 0 Å². The summed E-state index contributed by atoms with van der Waals surface area (Å²) in [5.74, 6) is 0.230. The van der Waals surface area contributed by atoms with Crippen molar-refractivity contribution in [3.63, 3.8) is 0 Å². The molecule has 1 fully saturated rings. The Morgan fingerprint density at radius 2 is 1.93 bits per heavy atom. The second-order valence-corrected chi connectivity index (χ2v) is 7.04. The molecule has 8 heteroatoms. The molecule has 2 aromatic heterocycles. The average Bonchev–Trinajstić information content (AvgIpc) is 2.75. The van der Waals surface area contributed by atoms with Crippen molar-refractivity contribution in [1.82, 2.24) is 24.8 Å². The Labute approximate surface area is 168 Å². The van der Waals surface area contributed by atoms with Crippen LogP contribution in [0.5, 0.6) is 0 Å². The Hall–Kier alpha value is -3.42. The van der Waals surface area contributed by atoms with Gasteiger partial charge in [0.25, 0.3) is 5.91 Å². The van der Waals surface area contributed by atoms with Gasteiger partial charge in [0.1, 0.15) is 12.1 Å². The van der Waals surface area contributed by atoms with E-state index in [1.807, 2.05) is 0 Å². The second-order valence-electron chi connectivity index (χ2n) is 7.04. The van der Waals surface area contributed by atoms with Crippen molar-refractivity contribution >= 4 is 11.9 Å². The standard InChI is InChI=1S/C21H21FN6O/c1-14-18(11-23-13-26-14)20(29)28-10-7-17(15-3-5-16(22)6-4-15)19(12-28)27-21-24-8-2-9-25-21/h2-6,8-9,11,13,17,19H,7,10,12H2,1H3,(H,24,25,27)/t17-,19+/m1/s1. The molecule has 7 nitrogen and oxygen atoms in total. The first-order chi connectivity index (χ1) is 14.1. The Morgan fingerprint density at radius 1 is 1.17 bits per heavy atom. The fourth-order valence-electron chi connectivity index (χ4n) is 3.70. The molecule has 148 valence electrons. The highest BCUT2D eigenvalue weighted by Crippen LogP contribution is 2.31. The number of hydrogen-bond donors (Lipinski definition) is 1. The summed E-state index contributed by atoms with van der Waals surface area (Å²) < 4.78 is 13.4. The summed E-state index contributed by atoms with van der Waals surface area (Å²) in [6.07, 6.45) is 7.05. The summed E-state index contributed by atoms with van der Waals surface area (Å²) >= 11 is 0. The number of amides is 1. The highest BCUT2D eigenvalue weighted by molar-refractivity contribution is 5.95. The molecule has 0 spiro atoms. The first kappa shape index (κ1) is 18.9. The van der Waals surface area contributed by atoms with Crippen molar-refractivity contribution in [3.8, 4) is 0 Å². The fraction of sp³-hybridized carbons (Fsp3) is 0.286. The van der Waals surface area contributed by atoms with Gasteiger partial charge >= 0.3 is 0 Å². The number of aryl methyl sites for hydroxylation is 1. The van der Waals surface area contributed by atoms with Gasteiger partial charge in [0.2, 0.25) is 5.95 Å². The summed E-state index contributed by atoms with van der Waals surface area (Å²) in [5.41, 5.74) is 2.18. The molecule has 0 aliphatic carbocycles. The van der Waals surface area contributed by atoms with E-state index in [1.165, 1.54) is 18.5 Å². The molecule has 1 aromatic carbocycles. The molecule has 1 saturated heterocycles. The molecule has 0 radical (unpaired) electrons. The Morgan fingerprint density at radius 3 is 2.66 bits per heavy atom. The number of carbonyl (C=O) groups excluding carboxylic acids is 1. The minimum absolute atomic E-state index is 0.0941. The molecular formula is C21H21FN6O. The van der Waals surface area contributed by atoms with E-state index in [0.29, 0.717) is 30.3 Å². The van der Waals surface area contributed by atoms with Crippen LogP contribution in [0.1, 0.15) is 34.0 Å². The monoisotopic (exact) mass is 392 g/mol. The zero-order chi connectivity index (χ0) is 20.2. The number of hydrogen-bond acceptors (Lipinski definition) is 6. The molecular weight excluding hydrogens is 371 g/mol. The lowest BCUT2D eigenvalue weighted by atomic mass is 9.85. The quantitative estimate of drug-likeness (QED) is 0.735. The molecule has 0 unspecified atom stereocenters. The number of anilines is 1. The predicted molar refractivity (Wildman–Crippen MR) is 106 cm³/mol. The average molecular weight is 392 g/mol. The molecule has 2 atom stereocenters. The van der Waals surface area contributed by atoms with Crippen LogP contribution in [0.15, 0.2) is 55.2 Å². The molecule has 1 aliphatic heterocycles. The molecule has 1 amide bonds. The highest BCUT2D eigenvalue weighted by Gasteiger charge is 2.33. The number of nitrogens with zero attached hydrogens (tertiary/aromatic N) is 5. The lowest BCUT2D eigenvalue weighted by Crippen LogP contribution is -2.49. The summed E-state index contributed by atoms with van der Waals surface area (Å²) in [5, 5.41) is 3.35. The van der Waals surface area contributed by atoms with Crippen LogP contribution in [-0.4, -0.2) is 49.9 Å². The topological polar surface area (TPSA) is 83.9 Å². The Balaban J connectivity index is 1.59. The molecule has 0 bridgehead atoms. The number of piperidine rings is 1. The SMILES string of the molecule is Cc1ncncc1C(=O)N1CC[C@H](c2ccc(F)cc2)[C@@H](Nc2ncccn2)C1. The number of aromatic nitrogens is 4. The van der Waals surface area contributed by atoms with E-state index in [4.69, 9.17) is 0 Å². The molecule has 0 saturated carbocycles. The number of rotatable bonds is 4. The first-order valence-electron chi connectivity index (χ1n) is 9.46. The van der Waals surface area contributed by atoms with Crippen molar-refractivity contribution in [1.29, 1.82) is 0 Å². The van der Waals surface area contributed by atoms with E-state index in [-0.39, 0.29) is 23.7 Å². The minimum atomic E-state index is -0.267. The third-order valence-electron chi connectivity index (χ3n) is 5.22. The third-order valence-corrected chi connectivity index (χ3v) is 5.22. The van der Waals surface area contributed by atoms with Crippen molar-refractivity contribution in [2.45, 2.75) is 25.3 Å². The summed E-state index contributed by atoms with van der Waals surface area (Å²) in [4.78, 5) is 31.5. The maximum absolute atomic E-state index is 13.4. The van der Waals surface area contributed by atoms with Crippen molar-refractivity contribution in [2.75, 3.05) is 18.4 Å². The van der Waals surface area contributed by atoms with Gasteiger partial charge in [-0.15, -0.1) is 0 Å². The maximum atomic E-state index is 13.4. The van der Waals surface area contributed by atoms with E-state index in [2.05, 4.69) is 25.3 Å². The van der Waals surface area contributed by atoms with Gasteiger partial charge in [-0.05, 0) is 37.1 Å². The zero-order valence-electron chi connectivity index (χ0n) is 16.0. The van der Waals surface area contributed by atoms with Crippen LogP contribution in [0.3, 0.4) is 0 Å². The van der Waals surface area contributed by atoms with E-state index < -0.39 is 0 Å². The van der Waals surface area contributed by atoms with Crippen LogP contribution in [0.25, 0.3) is 0 Å². The van der Waals surface area contributed by atoms with Gasteiger partial charge in [0, 0.05) is 37.6 Å². The van der Waals surface area contributed by atoms with Crippen LogP contribution >= 0.6 is 0 Å². The first-order valence-corrected chi connectivity index (χ1v) is 9.46. The molecule has 4 rings (SSSR count). The maximum Gasteiger partial charge on any atom is 0.257 e. The van der Waals surface area contributed by atoms with Gasteiger partial charge < -0.3 is 10.2 Å². The van der Waals surface area contributed by atoms with E-state index in [0.717, 1.165) is 12.0 Å². The molecule has 3 heterocycles. The van der Waals surface area contributed by atoms with Gasteiger partial charge in [-0.25, -0.2) is 24.3 Å². The smallest absolute Gasteiger partial charge is 0.257 e. The van der Waals surface area contributed by atoms with Crippen LogP contribution in [-0.2, 0) is 0 Å². The largest absolute Gasteiger partial charge is 0.349 e. The summed E-state index contributed by atoms with van der Waals surface area (Å²) in [6, 6.07) is 8.16.